The second kappa shape index (κ2) is 9.18. The van der Waals surface area contributed by atoms with Gasteiger partial charge in [0.05, 0.1) is 30.0 Å². The zero-order valence-corrected chi connectivity index (χ0v) is 19.4. The topological polar surface area (TPSA) is 114 Å². The maximum atomic E-state index is 11.5. The minimum atomic E-state index is -3.21. The van der Waals surface area contributed by atoms with E-state index in [1.165, 1.54) is 18.9 Å². The van der Waals surface area contributed by atoms with Crippen molar-refractivity contribution in [1.29, 1.82) is 0 Å². The molecule has 2 fully saturated rings. The van der Waals surface area contributed by atoms with Crippen LogP contribution in [-0.4, -0.2) is 59.5 Å². The molecule has 2 aliphatic rings. The number of hydrogen-bond acceptors (Lipinski definition) is 8. The summed E-state index contributed by atoms with van der Waals surface area (Å²) in [6.45, 7) is 3.11. The van der Waals surface area contributed by atoms with E-state index in [0.29, 0.717) is 12.5 Å². The molecule has 0 unspecified atom stereocenters. The van der Waals surface area contributed by atoms with Crippen molar-refractivity contribution < 1.29 is 13.2 Å². The molecule has 0 spiro atoms. The Bertz CT molecular complexity index is 1160. The lowest BCUT2D eigenvalue weighted by atomic mass is 9.91. The minimum absolute atomic E-state index is 0.235. The smallest absolute Gasteiger partial charge is 0.225 e. The predicted molar refractivity (Wildman–Crippen MR) is 123 cm³/mol. The Morgan fingerprint density at radius 3 is 2.48 bits per heavy atom. The van der Waals surface area contributed by atoms with Crippen LogP contribution in [0.3, 0.4) is 0 Å². The number of piperidine rings is 1. The van der Waals surface area contributed by atoms with Gasteiger partial charge in [0.15, 0.2) is 9.84 Å². The van der Waals surface area contributed by atoms with E-state index < -0.39 is 9.84 Å². The van der Waals surface area contributed by atoms with Gasteiger partial charge >= 0.3 is 0 Å². The van der Waals surface area contributed by atoms with Gasteiger partial charge in [-0.15, -0.1) is 0 Å². The summed E-state index contributed by atoms with van der Waals surface area (Å²) in [4.78, 5) is 15.8. The predicted octanol–water partition coefficient (Wildman–Crippen LogP) is 2.73. The van der Waals surface area contributed by atoms with Crippen molar-refractivity contribution in [2.24, 2.45) is 17.8 Å². The fraction of sp³-hybridized carbons (Fsp3) is 0.478. The summed E-state index contributed by atoms with van der Waals surface area (Å²) in [5.74, 6) is 2.87. The number of hydrogen-bond donors (Lipinski definition) is 1. The lowest BCUT2D eigenvalue weighted by Gasteiger charge is -2.32. The van der Waals surface area contributed by atoms with Gasteiger partial charge in [0.25, 0.3) is 0 Å². The van der Waals surface area contributed by atoms with Crippen molar-refractivity contribution in [3.8, 4) is 11.1 Å². The molecule has 4 heterocycles. The van der Waals surface area contributed by atoms with Crippen LogP contribution in [0.1, 0.15) is 25.0 Å². The van der Waals surface area contributed by atoms with E-state index in [4.69, 9.17) is 4.74 Å². The van der Waals surface area contributed by atoms with Crippen molar-refractivity contribution >= 4 is 15.8 Å². The van der Waals surface area contributed by atoms with Crippen LogP contribution in [0, 0.1) is 17.8 Å². The number of aromatic nitrogens is 5. The zero-order valence-electron chi connectivity index (χ0n) is 18.6. The van der Waals surface area contributed by atoms with Gasteiger partial charge in [0.1, 0.15) is 0 Å². The first-order valence-electron chi connectivity index (χ1n) is 11.3. The highest BCUT2D eigenvalue weighted by atomic mass is 32.2. The van der Waals surface area contributed by atoms with Crippen molar-refractivity contribution in [2.75, 3.05) is 30.9 Å². The monoisotopic (exact) mass is 468 g/mol. The Morgan fingerprint density at radius 2 is 1.85 bits per heavy atom. The third kappa shape index (κ3) is 5.22. The lowest BCUT2D eigenvalue weighted by molar-refractivity contribution is 0.102. The Balaban J connectivity index is 1.04. The first-order chi connectivity index (χ1) is 16.0. The van der Waals surface area contributed by atoms with Gasteiger partial charge in [-0.2, -0.15) is 5.10 Å². The van der Waals surface area contributed by atoms with Gasteiger partial charge in [0, 0.05) is 55.3 Å². The van der Waals surface area contributed by atoms with Gasteiger partial charge in [-0.1, -0.05) is 0 Å². The fourth-order valence-electron chi connectivity index (χ4n) is 4.64. The van der Waals surface area contributed by atoms with Crippen LogP contribution in [-0.2, 0) is 21.2 Å². The number of anilines is 1. The molecule has 5 rings (SSSR count). The molecule has 0 amide bonds. The van der Waals surface area contributed by atoms with Gasteiger partial charge in [0.2, 0.25) is 5.95 Å². The zero-order chi connectivity index (χ0) is 22.8. The van der Waals surface area contributed by atoms with Crippen LogP contribution in [0.5, 0.6) is 0 Å². The van der Waals surface area contributed by atoms with Crippen LogP contribution < -0.4 is 4.90 Å². The van der Waals surface area contributed by atoms with Gasteiger partial charge in [-0.05, 0) is 49.1 Å². The average molecular weight is 469 g/mol. The summed E-state index contributed by atoms with van der Waals surface area (Å²) < 4.78 is 28.9. The number of ether oxygens (including phenoxy) is 1. The summed E-state index contributed by atoms with van der Waals surface area (Å²) >= 11 is 0. The van der Waals surface area contributed by atoms with E-state index in [1.807, 2.05) is 18.6 Å². The number of nitrogens with one attached hydrogen (secondary N) is 1. The van der Waals surface area contributed by atoms with Crippen molar-refractivity contribution in [1.82, 2.24) is 25.1 Å². The summed E-state index contributed by atoms with van der Waals surface area (Å²) in [6.07, 6.45) is 13.4. The number of nitrogens with zero attached hydrogens (tertiary/aromatic N) is 5. The first-order valence-corrected chi connectivity index (χ1v) is 13.2. The molecular weight excluding hydrogens is 440 g/mol. The van der Waals surface area contributed by atoms with Crippen LogP contribution in [0.2, 0.25) is 0 Å². The highest BCUT2D eigenvalue weighted by Crippen LogP contribution is 2.48. The molecule has 3 aromatic rings. The summed E-state index contributed by atoms with van der Waals surface area (Å²) in [7, 11) is -3.21. The standard InChI is InChI=1S/C23H28N6O3S/c1-33(30,31)21-3-2-20(24-13-21)15-32-14-17-8-22(17)16-4-6-29(7-5-16)23-25-9-18(10-26-23)19-11-27-28-12-19/h2-3,9-13,16-17,22H,4-8,14-15H2,1H3,(H,27,28)/t17-,22-/m1/s1. The van der Waals surface area contributed by atoms with E-state index in [9.17, 15) is 8.42 Å². The van der Waals surface area contributed by atoms with Gasteiger partial charge < -0.3 is 9.64 Å². The molecule has 33 heavy (non-hydrogen) atoms. The Kier molecular flexibility index (Phi) is 6.11. The Labute approximate surface area is 193 Å². The molecule has 9 nitrogen and oxygen atoms in total. The lowest BCUT2D eigenvalue weighted by Crippen LogP contribution is -2.35. The third-order valence-electron chi connectivity index (χ3n) is 6.68. The summed E-state index contributed by atoms with van der Waals surface area (Å²) in [5, 5.41) is 6.78. The highest BCUT2D eigenvalue weighted by molar-refractivity contribution is 7.90. The highest BCUT2D eigenvalue weighted by Gasteiger charge is 2.43. The third-order valence-corrected chi connectivity index (χ3v) is 7.78. The fourth-order valence-corrected chi connectivity index (χ4v) is 5.20. The van der Waals surface area contributed by atoms with E-state index in [-0.39, 0.29) is 4.90 Å². The van der Waals surface area contributed by atoms with Gasteiger partial charge in [-0.3, -0.25) is 10.1 Å². The summed E-state index contributed by atoms with van der Waals surface area (Å²) in [6, 6.07) is 3.31. The molecule has 0 aromatic carbocycles. The van der Waals surface area contributed by atoms with Gasteiger partial charge in [-0.25, -0.2) is 18.4 Å². The molecular formula is C23H28N6O3S. The molecule has 1 saturated carbocycles. The quantitative estimate of drug-likeness (QED) is 0.537. The Morgan fingerprint density at radius 1 is 1.06 bits per heavy atom. The van der Waals surface area contributed by atoms with Crippen molar-refractivity contribution in [2.45, 2.75) is 30.8 Å². The van der Waals surface area contributed by atoms with E-state index in [2.05, 4.69) is 30.0 Å². The van der Waals surface area contributed by atoms with Crippen LogP contribution in [0.25, 0.3) is 11.1 Å². The maximum absolute atomic E-state index is 11.5. The largest absolute Gasteiger partial charge is 0.375 e. The summed E-state index contributed by atoms with van der Waals surface area (Å²) in [5.41, 5.74) is 2.71. The average Bonchev–Trinajstić information content (AvgIpc) is 3.38. The molecule has 0 bridgehead atoms. The normalized spacial score (nSPS) is 21.3. The Hall–Kier alpha value is -2.85. The van der Waals surface area contributed by atoms with E-state index in [1.54, 1.807) is 18.3 Å². The molecule has 1 aliphatic carbocycles. The molecule has 0 radical (unpaired) electrons. The van der Waals surface area contributed by atoms with Crippen molar-refractivity contribution in [3.05, 3.63) is 48.8 Å². The number of aromatic amines is 1. The first kappa shape index (κ1) is 22.0. The second-order valence-electron chi connectivity index (χ2n) is 9.02. The number of H-pyrrole nitrogens is 1. The van der Waals surface area contributed by atoms with Crippen LogP contribution in [0.4, 0.5) is 5.95 Å². The number of pyridine rings is 1. The van der Waals surface area contributed by atoms with E-state index >= 15 is 0 Å². The molecule has 174 valence electrons. The molecule has 3 aromatic heterocycles. The molecule has 2 atom stereocenters. The number of rotatable bonds is 8. The van der Waals surface area contributed by atoms with E-state index in [0.717, 1.165) is 67.1 Å². The number of sulfone groups is 1. The molecule has 1 saturated heterocycles. The molecule has 1 N–H and O–H groups in total. The maximum Gasteiger partial charge on any atom is 0.225 e. The second-order valence-corrected chi connectivity index (χ2v) is 11.0. The van der Waals surface area contributed by atoms with Crippen molar-refractivity contribution in [3.63, 3.8) is 0 Å². The molecule has 1 aliphatic heterocycles. The van der Waals surface area contributed by atoms with Crippen LogP contribution >= 0.6 is 0 Å². The minimum Gasteiger partial charge on any atom is -0.375 e. The van der Waals surface area contributed by atoms with Crippen LogP contribution in [0.15, 0.2) is 48.0 Å². The SMILES string of the molecule is CS(=O)(=O)c1ccc(COC[C@H]2C[C@@H]2C2CCN(c3ncc(-c4cn[nH]c4)cn3)CC2)nc1. The molecule has 10 heteroatoms.